The number of nitrogens with zero attached hydrogens (tertiary/aromatic N) is 1. The minimum Gasteiger partial charge on any atom is -0.303 e. The van der Waals surface area contributed by atoms with Crippen molar-refractivity contribution in [2.45, 2.75) is 57.8 Å². The molecule has 1 aliphatic carbocycles. The molecule has 92 valence electrons. The first-order valence-corrected chi connectivity index (χ1v) is 7.03. The predicted octanol–water partition coefficient (Wildman–Crippen LogP) is 3.01. The van der Waals surface area contributed by atoms with Crippen LogP contribution in [0, 0.1) is 5.41 Å². The molecule has 0 aromatic heterocycles. The molecule has 0 atom stereocenters. The van der Waals surface area contributed by atoms with E-state index in [0.29, 0.717) is 0 Å². The van der Waals surface area contributed by atoms with Crippen molar-refractivity contribution in [1.82, 2.24) is 4.90 Å². The molecule has 0 radical (unpaired) electrons. The van der Waals surface area contributed by atoms with Crippen LogP contribution in [0.4, 0.5) is 0 Å². The number of hydrogen-bond donors (Lipinski definition) is 0. The summed E-state index contributed by atoms with van der Waals surface area (Å²) in [5.74, 6) is 0. The smallest absolute Gasteiger partial charge is 0.127 e. The highest BCUT2D eigenvalue weighted by Crippen LogP contribution is 2.37. The molecule has 2 aliphatic rings. The second kappa shape index (κ2) is 5.81. The monoisotopic (exact) mass is 223 g/mol. The average molecular weight is 223 g/mol. The maximum absolute atomic E-state index is 11.3. The normalized spacial score (nSPS) is 27.2. The maximum Gasteiger partial charge on any atom is 0.127 e. The zero-order chi connectivity index (χ0) is 11.3. The van der Waals surface area contributed by atoms with E-state index in [1.54, 1.807) is 0 Å². The fourth-order valence-corrected chi connectivity index (χ4v) is 3.31. The number of likely N-dealkylation sites (tertiary alicyclic amines) is 1. The molecule has 2 nitrogen and oxygen atoms in total. The molecule has 2 heteroatoms. The van der Waals surface area contributed by atoms with E-state index in [4.69, 9.17) is 0 Å². The summed E-state index contributed by atoms with van der Waals surface area (Å²) in [5.41, 5.74) is 0.0270. The Morgan fingerprint density at radius 2 is 1.44 bits per heavy atom. The first-order chi connectivity index (χ1) is 7.85. The van der Waals surface area contributed by atoms with E-state index in [9.17, 15) is 4.79 Å². The van der Waals surface area contributed by atoms with Gasteiger partial charge < -0.3 is 9.69 Å². The van der Waals surface area contributed by atoms with E-state index in [2.05, 4.69) is 4.90 Å². The van der Waals surface area contributed by atoms with Gasteiger partial charge >= 0.3 is 0 Å². The molecule has 1 aliphatic heterocycles. The Balaban J connectivity index is 1.87. The molecule has 2 fully saturated rings. The fourth-order valence-electron chi connectivity index (χ4n) is 3.31. The highest BCUT2D eigenvalue weighted by atomic mass is 16.1. The maximum atomic E-state index is 11.3. The first-order valence-electron chi connectivity index (χ1n) is 7.03. The van der Waals surface area contributed by atoms with Crippen molar-refractivity contribution in [3.8, 4) is 0 Å². The number of aldehydes is 1. The molecule has 1 saturated heterocycles. The summed E-state index contributed by atoms with van der Waals surface area (Å²) in [6, 6.07) is 0. The molecule has 0 aromatic carbocycles. The number of hydrogen-bond acceptors (Lipinski definition) is 2. The van der Waals surface area contributed by atoms with E-state index < -0.39 is 0 Å². The highest BCUT2D eigenvalue weighted by molar-refractivity contribution is 5.60. The van der Waals surface area contributed by atoms with Crippen molar-refractivity contribution in [1.29, 1.82) is 0 Å². The molecule has 2 rings (SSSR count). The van der Waals surface area contributed by atoms with Gasteiger partial charge in [-0.05, 0) is 38.8 Å². The third kappa shape index (κ3) is 3.07. The lowest BCUT2D eigenvalue weighted by Crippen LogP contribution is -2.39. The van der Waals surface area contributed by atoms with Crippen molar-refractivity contribution in [2.24, 2.45) is 5.41 Å². The SMILES string of the molecule is O=CC1(CN2CCCCCCC2)CCCC1. The Morgan fingerprint density at radius 3 is 2.00 bits per heavy atom. The molecular weight excluding hydrogens is 198 g/mol. The fraction of sp³-hybridized carbons (Fsp3) is 0.929. The molecule has 0 N–H and O–H groups in total. The topological polar surface area (TPSA) is 20.3 Å². The van der Waals surface area contributed by atoms with Crippen LogP contribution in [0.1, 0.15) is 57.8 Å². The van der Waals surface area contributed by atoms with Gasteiger partial charge in [-0.2, -0.15) is 0 Å². The van der Waals surface area contributed by atoms with Gasteiger partial charge in [-0.1, -0.05) is 32.1 Å². The summed E-state index contributed by atoms with van der Waals surface area (Å²) in [5, 5.41) is 0. The molecule has 0 aromatic rings. The minimum absolute atomic E-state index is 0.0270. The van der Waals surface area contributed by atoms with Gasteiger partial charge in [-0.25, -0.2) is 0 Å². The zero-order valence-corrected chi connectivity index (χ0v) is 10.4. The first kappa shape index (κ1) is 12.1. The van der Waals surface area contributed by atoms with E-state index >= 15 is 0 Å². The Morgan fingerprint density at radius 1 is 0.875 bits per heavy atom. The van der Waals surface area contributed by atoms with E-state index in [1.165, 1.54) is 64.3 Å². The van der Waals surface area contributed by atoms with Gasteiger partial charge in [-0.3, -0.25) is 0 Å². The van der Waals surface area contributed by atoms with Gasteiger partial charge in [0, 0.05) is 12.0 Å². The molecule has 1 heterocycles. The highest BCUT2D eigenvalue weighted by Gasteiger charge is 2.35. The van der Waals surface area contributed by atoms with Gasteiger partial charge in [0.1, 0.15) is 6.29 Å². The summed E-state index contributed by atoms with van der Waals surface area (Å²) in [4.78, 5) is 13.9. The Bertz CT molecular complexity index is 213. The second-order valence-corrected chi connectivity index (χ2v) is 5.73. The van der Waals surface area contributed by atoms with Gasteiger partial charge in [0.25, 0.3) is 0 Å². The summed E-state index contributed by atoms with van der Waals surface area (Å²) < 4.78 is 0. The number of carbonyl (C=O) groups is 1. The van der Waals surface area contributed by atoms with Gasteiger partial charge in [-0.15, -0.1) is 0 Å². The van der Waals surface area contributed by atoms with Crippen LogP contribution in [0.2, 0.25) is 0 Å². The molecule has 0 spiro atoms. The second-order valence-electron chi connectivity index (χ2n) is 5.73. The van der Waals surface area contributed by atoms with Gasteiger partial charge in [0.2, 0.25) is 0 Å². The lowest BCUT2D eigenvalue weighted by molar-refractivity contribution is -0.117. The Hall–Kier alpha value is -0.370. The van der Waals surface area contributed by atoms with Crippen LogP contribution in [0.5, 0.6) is 0 Å². The van der Waals surface area contributed by atoms with Crippen LogP contribution in [-0.4, -0.2) is 30.8 Å². The van der Waals surface area contributed by atoms with Gasteiger partial charge in [0.05, 0.1) is 0 Å². The molecule has 1 saturated carbocycles. The Kier molecular flexibility index (Phi) is 4.39. The third-order valence-electron chi connectivity index (χ3n) is 4.34. The van der Waals surface area contributed by atoms with Crippen molar-refractivity contribution in [2.75, 3.05) is 19.6 Å². The largest absolute Gasteiger partial charge is 0.303 e. The summed E-state index contributed by atoms with van der Waals surface area (Å²) in [6.45, 7) is 3.47. The van der Waals surface area contributed by atoms with E-state index in [-0.39, 0.29) is 5.41 Å². The average Bonchev–Trinajstić information content (AvgIpc) is 2.71. The standard InChI is InChI=1S/C14H25NO/c16-13-14(8-4-5-9-14)12-15-10-6-2-1-3-7-11-15/h13H,1-12H2. The van der Waals surface area contributed by atoms with Crippen molar-refractivity contribution in [3.05, 3.63) is 0 Å². The lowest BCUT2D eigenvalue weighted by Gasteiger charge is -2.32. The third-order valence-corrected chi connectivity index (χ3v) is 4.34. The summed E-state index contributed by atoms with van der Waals surface area (Å²) in [7, 11) is 0. The lowest BCUT2D eigenvalue weighted by atomic mass is 9.87. The molecule has 0 bridgehead atoms. The van der Waals surface area contributed by atoms with Crippen LogP contribution in [0.25, 0.3) is 0 Å². The zero-order valence-electron chi connectivity index (χ0n) is 10.4. The van der Waals surface area contributed by atoms with Gasteiger partial charge in [0.15, 0.2) is 0 Å². The quantitative estimate of drug-likeness (QED) is 0.685. The van der Waals surface area contributed by atoms with E-state index in [1.807, 2.05) is 0 Å². The predicted molar refractivity (Wildman–Crippen MR) is 66.5 cm³/mol. The molecule has 0 amide bonds. The van der Waals surface area contributed by atoms with Crippen LogP contribution < -0.4 is 0 Å². The molecular formula is C14H25NO. The number of carbonyl (C=O) groups excluding carboxylic acids is 1. The van der Waals surface area contributed by atoms with E-state index in [0.717, 1.165) is 19.4 Å². The van der Waals surface area contributed by atoms with Crippen LogP contribution in [-0.2, 0) is 4.79 Å². The van der Waals surface area contributed by atoms with Crippen molar-refractivity contribution < 1.29 is 4.79 Å². The minimum atomic E-state index is 0.0270. The molecule has 0 unspecified atom stereocenters. The summed E-state index contributed by atoms with van der Waals surface area (Å²) in [6.07, 6.45) is 12.9. The Labute approximate surface area is 99.4 Å². The van der Waals surface area contributed by atoms with Crippen LogP contribution in [0.15, 0.2) is 0 Å². The number of rotatable bonds is 3. The summed E-state index contributed by atoms with van der Waals surface area (Å²) >= 11 is 0. The molecule has 16 heavy (non-hydrogen) atoms. The van der Waals surface area contributed by atoms with Crippen LogP contribution in [0.3, 0.4) is 0 Å². The van der Waals surface area contributed by atoms with Crippen molar-refractivity contribution >= 4 is 6.29 Å². The van der Waals surface area contributed by atoms with Crippen LogP contribution >= 0.6 is 0 Å². The van der Waals surface area contributed by atoms with Crippen molar-refractivity contribution in [3.63, 3.8) is 0 Å².